The van der Waals surface area contributed by atoms with Gasteiger partial charge in [0.25, 0.3) is 0 Å². The molecule has 1 heterocycles. The smallest absolute Gasteiger partial charge is 0.303 e. The van der Waals surface area contributed by atoms with Crippen molar-refractivity contribution in [3.63, 3.8) is 0 Å². The molecular formula is C11H14N2O2. The molecule has 2 unspecified atom stereocenters. The zero-order valence-corrected chi connectivity index (χ0v) is 8.63. The predicted octanol–water partition coefficient (Wildman–Crippen LogP) is 1.26. The van der Waals surface area contributed by atoms with Crippen LogP contribution < -0.4 is 0 Å². The number of carboxylic acid groups (broad SMARTS) is 1. The highest BCUT2D eigenvalue weighted by Gasteiger charge is 2.30. The molecule has 0 aromatic heterocycles. The number of hydrogen-bond donors (Lipinski definition) is 1. The summed E-state index contributed by atoms with van der Waals surface area (Å²) >= 11 is 0. The fraction of sp³-hybridized carbons (Fsp3) is 0.455. The van der Waals surface area contributed by atoms with Gasteiger partial charge in [-0.3, -0.25) is 9.80 Å². The third kappa shape index (κ3) is 1.93. The van der Waals surface area contributed by atoms with Crippen molar-refractivity contribution in [3.05, 3.63) is 23.8 Å². The third-order valence-corrected chi connectivity index (χ3v) is 2.88. The van der Waals surface area contributed by atoms with Gasteiger partial charge in [0.05, 0.1) is 6.04 Å². The van der Waals surface area contributed by atoms with Crippen molar-refractivity contribution in [2.45, 2.75) is 18.9 Å². The van der Waals surface area contributed by atoms with Crippen molar-refractivity contribution in [1.29, 1.82) is 0 Å². The Bertz CT molecular complexity index is 358. The Hall–Kier alpha value is -1.58. The Morgan fingerprint density at radius 2 is 2.47 bits per heavy atom. The number of hydrazone groups is 1. The van der Waals surface area contributed by atoms with Crippen LogP contribution in [0.5, 0.6) is 0 Å². The fourth-order valence-electron chi connectivity index (χ4n) is 2.04. The van der Waals surface area contributed by atoms with Crippen molar-refractivity contribution >= 4 is 12.2 Å². The molecule has 1 N–H and O–H groups in total. The summed E-state index contributed by atoms with van der Waals surface area (Å²) in [5.74, 6) is -0.482. The third-order valence-electron chi connectivity index (χ3n) is 2.88. The van der Waals surface area contributed by atoms with Gasteiger partial charge >= 0.3 is 5.97 Å². The highest BCUT2D eigenvalue weighted by atomic mass is 16.4. The molecule has 1 aliphatic carbocycles. The second kappa shape index (κ2) is 3.88. The van der Waals surface area contributed by atoms with Gasteiger partial charge in [-0.05, 0) is 6.42 Å². The maximum atomic E-state index is 10.5. The van der Waals surface area contributed by atoms with Gasteiger partial charge < -0.3 is 5.11 Å². The van der Waals surface area contributed by atoms with E-state index in [-0.39, 0.29) is 18.4 Å². The molecule has 2 aliphatic rings. The maximum absolute atomic E-state index is 10.5. The molecule has 2 rings (SSSR count). The summed E-state index contributed by atoms with van der Waals surface area (Å²) < 4.78 is 0. The number of hydrogen-bond acceptors (Lipinski definition) is 3. The summed E-state index contributed by atoms with van der Waals surface area (Å²) in [7, 11) is 1.94. The number of aliphatic carboxylic acids is 1. The van der Waals surface area contributed by atoms with Gasteiger partial charge in [-0.2, -0.15) is 5.10 Å². The van der Waals surface area contributed by atoms with Gasteiger partial charge in [0.15, 0.2) is 0 Å². The first-order valence-electron chi connectivity index (χ1n) is 5.04. The first kappa shape index (κ1) is 9.96. The molecule has 0 aromatic rings. The van der Waals surface area contributed by atoms with Gasteiger partial charge in [-0.15, -0.1) is 0 Å². The first-order valence-corrected chi connectivity index (χ1v) is 5.04. The van der Waals surface area contributed by atoms with Crippen LogP contribution in [0.4, 0.5) is 0 Å². The van der Waals surface area contributed by atoms with Crippen LogP contribution in [0, 0.1) is 5.92 Å². The molecule has 0 aromatic carbocycles. The minimum Gasteiger partial charge on any atom is -0.481 e. The molecule has 80 valence electrons. The van der Waals surface area contributed by atoms with Gasteiger partial charge in [0.1, 0.15) is 0 Å². The van der Waals surface area contributed by atoms with Gasteiger partial charge in [-0.1, -0.05) is 23.8 Å². The zero-order valence-electron chi connectivity index (χ0n) is 8.63. The number of allylic oxidation sites excluding steroid dienone is 2. The summed E-state index contributed by atoms with van der Waals surface area (Å²) in [5, 5.41) is 14.8. The van der Waals surface area contributed by atoms with E-state index in [1.165, 1.54) is 0 Å². The van der Waals surface area contributed by atoms with Crippen LogP contribution in [0.1, 0.15) is 12.8 Å². The van der Waals surface area contributed by atoms with Crippen LogP contribution >= 0.6 is 0 Å². The summed E-state index contributed by atoms with van der Waals surface area (Å²) in [5.41, 5.74) is 1.16. The van der Waals surface area contributed by atoms with E-state index >= 15 is 0 Å². The molecule has 15 heavy (non-hydrogen) atoms. The van der Waals surface area contributed by atoms with Crippen molar-refractivity contribution in [1.82, 2.24) is 5.01 Å². The topological polar surface area (TPSA) is 52.9 Å². The lowest BCUT2D eigenvalue weighted by molar-refractivity contribution is -0.136. The van der Waals surface area contributed by atoms with E-state index in [9.17, 15) is 4.79 Å². The minimum absolute atomic E-state index is 0.195. The zero-order chi connectivity index (χ0) is 10.8. The van der Waals surface area contributed by atoms with E-state index in [1.807, 2.05) is 30.4 Å². The maximum Gasteiger partial charge on any atom is 0.303 e. The van der Waals surface area contributed by atoms with E-state index in [1.54, 1.807) is 0 Å². The van der Waals surface area contributed by atoms with Crippen molar-refractivity contribution in [3.8, 4) is 0 Å². The second-order valence-corrected chi connectivity index (χ2v) is 3.87. The number of likely N-dealkylation sites (N-methyl/N-ethyl adjacent to an activating group) is 1. The molecule has 4 heteroatoms. The van der Waals surface area contributed by atoms with E-state index in [4.69, 9.17) is 5.11 Å². The van der Waals surface area contributed by atoms with Gasteiger partial charge in [-0.25, -0.2) is 0 Å². The lowest BCUT2D eigenvalue weighted by Crippen LogP contribution is -2.30. The van der Waals surface area contributed by atoms with Gasteiger partial charge in [0, 0.05) is 25.6 Å². The van der Waals surface area contributed by atoms with E-state index in [0.29, 0.717) is 6.42 Å². The van der Waals surface area contributed by atoms with Crippen LogP contribution in [0.25, 0.3) is 0 Å². The lowest BCUT2D eigenvalue weighted by Gasteiger charge is -2.25. The number of nitrogens with zero attached hydrogens (tertiary/aromatic N) is 2. The Labute approximate surface area is 88.6 Å². The average Bonchev–Trinajstić information content (AvgIpc) is 2.58. The van der Waals surface area contributed by atoms with Crippen LogP contribution in [-0.2, 0) is 4.79 Å². The Kier molecular flexibility index (Phi) is 2.58. The molecule has 0 bridgehead atoms. The van der Waals surface area contributed by atoms with E-state index in [0.717, 1.165) is 5.57 Å². The molecule has 4 nitrogen and oxygen atoms in total. The van der Waals surface area contributed by atoms with Crippen molar-refractivity contribution in [2.75, 3.05) is 7.05 Å². The molecule has 0 amide bonds. The van der Waals surface area contributed by atoms with E-state index in [2.05, 4.69) is 11.2 Å². The highest BCUT2D eigenvalue weighted by Crippen LogP contribution is 2.29. The highest BCUT2D eigenvalue weighted by molar-refractivity contribution is 5.71. The van der Waals surface area contributed by atoms with Crippen LogP contribution in [0.3, 0.4) is 0 Å². The normalized spacial score (nSPS) is 27.8. The van der Waals surface area contributed by atoms with Crippen molar-refractivity contribution in [2.24, 2.45) is 11.0 Å². The largest absolute Gasteiger partial charge is 0.481 e. The van der Waals surface area contributed by atoms with Crippen LogP contribution in [-0.4, -0.2) is 35.4 Å². The minimum atomic E-state index is -0.745. The molecular weight excluding hydrogens is 192 g/mol. The number of carboxylic acids is 1. The lowest BCUT2D eigenvalue weighted by atomic mass is 9.86. The molecule has 0 spiro atoms. The number of carbonyl (C=O) groups is 1. The summed E-state index contributed by atoms with van der Waals surface area (Å²) in [6, 6.07) is 0.277. The van der Waals surface area contributed by atoms with Crippen LogP contribution in [0.2, 0.25) is 0 Å². The standard InChI is InChI=1S/C11H14N2O2/c1-13-10-4-2-3-8(5-6-11(14)15)9(10)7-12-13/h2-4,7,9-10H,5-6H2,1H3,(H,14,15). The van der Waals surface area contributed by atoms with Crippen molar-refractivity contribution < 1.29 is 9.90 Å². The second-order valence-electron chi connectivity index (χ2n) is 3.87. The van der Waals surface area contributed by atoms with Gasteiger partial charge in [0.2, 0.25) is 0 Å². The molecule has 0 radical (unpaired) electrons. The molecule has 2 atom stereocenters. The Morgan fingerprint density at radius 1 is 1.67 bits per heavy atom. The average molecular weight is 206 g/mol. The molecule has 1 aliphatic heterocycles. The molecule has 0 saturated heterocycles. The number of fused-ring (bicyclic) bond motifs is 1. The number of rotatable bonds is 3. The predicted molar refractivity (Wildman–Crippen MR) is 57.6 cm³/mol. The van der Waals surface area contributed by atoms with E-state index < -0.39 is 5.97 Å². The van der Waals surface area contributed by atoms with Crippen LogP contribution in [0.15, 0.2) is 28.9 Å². The summed E-state index contributed by atoms with van der Waals surface area (Å²) in [6.07, 6.45) is 8.81. The summed E-state index contributed by atoms with van der Waals surface area (Å²) in [6.45, 7) is 0. The Morgan fingerprint density at radius 3 is 3.20 bits per heavy atom. The Balaban J connectivity index is 2.06. The summed E-state index contributed by atoms with van der Waals surface area (Å²) in [4.78, 5) is 10.5. The SMILES string of the molecule is CN1N=CC2C(CCC(=O)O)=CC=CC21. The first-order chi connectivity index (χ1) is 7.18. The monoisotopic (exact) mass is 206 g/mol. The quantitative estimate of drug-likeness (QED) is 0.756. The fourth-order valence-corrected chi connectivity index (χ4v) is 2.04. The molecule has 0 saturated carbocycles. The molecule has 0 fully saturated rings.